The first kappa shape index (κ1) is 17.7. The van der Waals surface area contributed by atoms with Gasteiger partial charge in [-0.2, -0.15) is 4.98 Å². The summed E-state index contributed by atoms with van der Waals surface area (Å²) in [5.74, 6) is -0.348. The van der Waals surface area contributed by atoms with Gasteiger partial charge in [-0.3, -0.25) is 4.79 Å². The predicted octanol–water partition coefficient (Wildman–Crippen LogP) is 2.82. The van der Waals surface area contributed by atoms with Crippen LogP contribution in [0.25, 0.3) is 0 Å². The number of hydrogen-bond donors (Lipinski definition) is 0. The summed E-state index contributed by atoms with van der Waals surface area (Å²) >= 11 is 11.9. The van der Waals surface area contributed by atoms with E-state index < -0.39 is 4.92 Å². The summed E-state index contributed by atoms with van der Waals surface area (Å²) < 4.78 is 6.47. The van der Waals surface area contributed by atoms with E-state index in [1.165, 1.54) is 23.0 Å². The number of Topliss-reactive ketones (excluding diaryl/α,β-unsaturated/α-hetero) is 1. The first-order valence-electron chi connectivity index (χ1n) is 7.48. The maximum atomic E-state index is 12.5. The number of nitro groups is 1. The van der Waals surface area contributed by atoms with E-state index in [4.69, 9.17) is 27.9 Å². The summed E-state index contributed by atoms with van der Waals surface area (Å²) in [7, 11) is 0. The predicted molar refractivity (Wildman–Crippen MR) is 92.7 cm³/mol. The minimum Gasteiger partial charge on any atom is -0.378 e. The van der Waals surface area contributed by atoms with E-state index in [2.05, 4.69) is 4.98 Å². The summed E-state index contributed by atoms with van der Waals surface area (Å²) in [5.41, 5.74) is 0.252. The van der Waals surface area contributed by atoms with Gasteiger partial charge in [0.25, 0.3) is 0 Å². The summed E-state index contributed by atoms with van der Waals surface area (Å²) in [4.78, 5) is 29.4. The molecule has 0 amide bonds. The molecule has 132 valence electrons. The highest BCUT2D eigenvalue weighted by Crippen LogP contribution is 2.28. The van der Waals surface area contributed by atoms with E-state index in [-0.39, 0.29) is 34.5 Å². The fourth-order valence-electron chi connectivity index (χ4n) is 2.62. The van der Waals surface area contributed by atoms with Gasteiger partial charge >= 0.3 is 5.82 Å². The minimum atomic E-state index is -0.533. The van der Waals surface area contributed by atoms with Crippen molar-refractivity contribution in [3.63, 3.8) is 0 Å². The normalized spacial score (nSPS) is 14.6. The van der Waals surface area contributed by atoms with Gasteiger partial charge in [0.1, 0.15) is 0 Å². The van der Waals surface area contributed by atoms with Crippen LogP contribution in [-0.2, 0) is 11.3 Å². The fraction of sp³-hybridized carbons (Fsp3) is 0.333. The number of carbonyl (C=O) groups excluding carboxylic acids is 1. The molecule has 0 aliphatic carbocycles. The number of carbonyl (C=O) groups is 1. The smallest absolute Gasteiger partial charge is 0.367 e. The van der Waals surface area contributed by atoms with Crippen LogP contribution in [-0.4, -0.2) is 46.6 Å². The Balaban J connectivity index is 1.88. The first-order chi connectivity index (χ1) is 12.0. The Hall–Kier alpha value is -2.16. The van der Waals surface area contributed by atoms with Crippen molar-refractivity contribution in [1.29, 1.82) is 0 Å². The van der Waals surface area contributed by atoms with Crippen molar-refractivity contribution in [2.24, 2.45) is 0 Å². The number of ether oxygens (including phenoxy) is 1. The van der Waals surface area contributed by atoms with Crippen LogP contribution in [0.4, 0.5) is 11.6 Å². The molecule has 1 saturated heterocycles. The summed E-state index contributed by atoms with van der Waals surface area (Å²) in [6, 6.07) is 4.50. The number of imidazole rings is 1. The Morgan fingerprint density at radius 1 is 1.32 bits per heavy atom. The second-order valence-electron chi connectivity index (χ2n) is 5.42. The number of hydrogen-bond acceptors (Lipinski definition) is 6. The van der Waals surface area contributed by atoms with Gasteiger partial charge < -0.3 is 19.8 Å². The number of aromatic nitrogens is 2. The number of ketones is 1. The third kappa shape index (κ3) is 3.76. The summed E-state index contributed by atoms with van der Waals surface area (Å²) in [6.45, 7) is 1.73. The molecule has 0 saturated carbocycles. The lowest BCUT2D eigenvalue weighted by molar-refractivity contribution is -0.391. The molecule has 3 rings (SSSR count). The van der Waals surface area contributed by atoms with Crippen molar-refractivity contribution in [1.82, 2.24) is 9.55 Å². The van der Waals surface area contributed by atoms with Crippen LogP contribution in [0.5, 0.6) is 0 Å². The highest BCUT2D eigenvalue weighted by molar-refractivity contribution is 6.36. The number of halogens is 2. The standard InChI is InChI=1S/C15H14Cl2N4O4/c16-10-1-2-11(12(17)7-10)13(22)8-20-9-18-14(15(20)21(23)24)19-3-5-25-6-4-19/h1-2,7,9H,3-6,8H2. The number of rotatable bonds is 5. The van der Waals surface area contributed by atoms with Crippen LogP contribution in [0.2, 0.25) is 10.0 Å². The Morgan fingerprint density at radius 2 is 2.04 bits per heavy atom. The maximum absolute atomic E-state index is 12.5. The van der Waals surface area contributed by atoms with Crippen molar-refractivity contribution >= 4 is 40.6 Å². The van der Waals surface area contributed by atoms with Crippen molar-refractivity contribution < 1.29 is 14.5 Å². The van der Waals surface area contributed by atoms with Crippen LogP contribution in [0.3, 0.4) is 0 Å². The second kappa shape index (κ2) is 7.38. The number of benzene rings is 1. The van der Waals surface area contributed by atoms with Crippen LogP contribution in [0, 0.1) is 10.1 Å². The molecule has 0 bridgehead atoms. The van der Waals surface area contributed by atoms with Gasteiger partial charge in [0, 0.05) is 23.7 Å². The minimum absolute atomic E-state index is 0.202. The van der Waals surface area contributed by atoms with Gasteiger partial charge in [0.2, 0.25) is 11.6 Å². The van der Waals surface area contributed by atoms with Crippen molar-refractivity contribution in [3.8, 4) is 0 Å². The lowest BCUT2D eigenvalue weighted by Gasteiger charge is -2.26. The molecule has 8 nitrogen and oxygen atoms in total. The Kier molecular flexibility index (Phi) is 5.22. The van der Waals surface area contributed by atoms with Crippen LogP contribution in [0.1, 0.15) is 10.4 Å². The molecule has 1 aliphatic heterocycles. The van der Waals surface area contributed by atoms with Gasteiger partial charge in [-0.05, 0) is 23.1 Å². The Morgan fingerprint density at radius 3 is 2.68 bits per heavy atom. The van der Waals surface area contributed by atoms with Gasteiger partial charge in [-0.25, -0.2) is 4.57 Å². The molecular weight excluding hydrogens is 371 g/mol. The topological polar surface area (TPSA) is 90.5 Å². The lowest BCUT2D eigenvalue weighted by atomic mass is 10.1. The molecule has 2 heterocycles. The van der Waals surface area contributed by atoms with E-state index in [0.717, 1.165) is 0 Å². The molecule has 1 aromatic carbocycles. The maximum Gasteiger partial charge on any atom is 0.367 e. The summed E-state index contributed by atoms with van der Waals surface area (Å²) in [5, 5.41) is 12.1. The Labute approximate surface area is 153 Å². The SMILES string of the molecule is O=C(Cn1cnc(N2CCOCC2)c1[N+](=O)[O-])c1ccc(Cl)cc1Cl. The van der Waals surface area contributed by atoms with E-state index >= 15 is 0 Å². The van der Waals surface area contributed by atoms with Gasteiger partial charge in [-0.15, -0.1) is 0 Å². The van der Waals surface area contributed by atoms with Crippen LogP contribution < -0.4 is 4.90 Å². The fourth-order valence-corrected chi connectivity index (χ4v) is 3.14. The summed E-state index contributed by atoms with van der Waals surface area (Å²) in [6.07, 6.45) is 1.30. The van der Waals surface area contributed by atoms with E-state index in [0.29, 0.717) is 31.3 Å². The van der Waals surface area contributed by atoms with E-state index in [1.54, 1.807) is 11.0 Å². The highest BCUT2D eigenvalue weighted by atomic mass is 35.5. The van der Waals surface area contributed by atoms with Crippen molar-refractivity contribution in [2.75, 3.05) is 31.2 Å². The quantitative estimate of drug-likeness (QED) is 0.447. The van der Waals surface area contributed by atoms with Crippen molar-refractivity contribution in [3.05, 3.63) is 50.2 Å². The Bertz CT molecular complexity index is 818. The molecule has 1 fully saturated rings. The molecule has 0 N–H and O–H groups in total. The second-order valence-corrected chi connectivity index (χ2v) is 6.27. The lowest BCUT2D eigenvalue weighted by Crippen LogP contribution is -2.36. The molecule has 25 heavy (non-hydrogen) atoms. The van der Waals surface area contributed by atoms with E-state index in [9.17, 15) is 14.9 Å². The third-order valence-electron chi connectivity index (χ3n) is 3.82. The zero-order chi connectivity index (χ0) is 18.0. The zero-order valence-electron chi connectivity index (χ0n) is 13.0. The van der Waals surface area contributed by atoms with E-state index in [1.807, 2.05) is 0 Å². The monoisotopic (exact) mass is 384 g/mol. The molecule has 2 aromatic rings. The molecule has 0 unspecified atom stereocenters. The van der Waals surface area contributed by atoms with Crippen LogP contribution in [0.15, 0.2) is 24.5 Å². The average molecular weight is 385 g/mol. The largest absolute Gasteiger partial charge is 0.378 e. The van der Waals surface area contributed by atoms with Gasteiger partial charge in [0.05, 0.1) is 18.2 Å². The van der Waals surface area contributed by atoms with Gasteiger partial charge in [0.15, 0.2) is 12.9 Å². The number of nitrogens with zero attached hydrogens (tertiary/aromatic N) is 4. The molecular formula is C15H14Cl2N4O4. The zero-order valence-corrected chi connectivity index (χ0v) is 14.5. The highest BCUT2D eigenvalue weighted by Gasteiger charge is 2.29. The number of anilines is 1. The average Bonchev–Trinajstić information content (AvgIpc) is 2.99. The molecule has 0 atom stereocenters. The number of morpholine rings is 1. The third-order valence-corrected chi connectivity index (χ3v) is 4.37. The van der Waals surface area contributed by atoms with Gasteiger partial charge in [-0.1, -0.05) is 23.2 Å². The molecule has 10 heteroatoms. The first-order valence-corrected chi connectivity index (χ1v) is 8.23. The molecule has 0 spiro atoms. The molecule has 1 aromatic heterocycles. The molecule has 1 aliphatic rings. The van der Waals surface area contributed by atoms with Crippen LogP contribution >= 0.6 is 23.2 Å². The molecule has 0 radical (unpaired) electrons. The van der Waals surface area contributed by atoms with Crippen molar-refractivity contribution in [2.45, 2.75) is 6.54 Å².